The van der Waals surface area contributed by atoms with Gasteiger partial charge in [0.1, 0.15) is 0 Å². The second-order valence-corrected chi connectivity index (χ2v) is 5.77. The minimum atomic E-state index is -0.947. The Morgan fingerprint density at radius 1 is 1.33 bits per heavy atom. The van der Waals surface area contributed by atoms with Gasteiger partial charge in [-0.2, -0.15) is 0 Å². The van der Waals surface area contributed by atoms with Crippen LogP contribution in [0.25, 0.3) is 0 Å². The first-order valence-electron chi connectivity index (χ1n) is 6.19. The molecule has 0 aliphatic rings. The average molecular weight is 306 g/mol. The summed E-state index contributed by atoms with van der Waals surface area (Å²) in [5.74, 6) is -0.450. The fraction of sp³-hybridized carbons (Fsp3) is 0.214. The molecule has 7 heteroatoms. The third kappa shape index (κ3) is 3.26. The van der Waals surface area contributed by atoms with E-state index in [0.29, 0.717) is 0 Å². The Labute approximate surface area is 125 Å². The van der Waals surface area contributed by atoms with Crippen molar-refractivity contribution in [3.8, 4) is 0 Å². The van der Waals surface area contributed by atoms with Gasteiger partial charge in [-0.3, -0.25) is 14.9 Å². The number of carbonyl (C=O) groups excluding carboxylic acids is 1. The van der Waals surface area contributed by atoms with Crippen LogP contribution in [0.5, 0.6) is 0 Å². The van der Waals surface area contributed by atoms with Crippen LogP contribution in [-0.2, 0) is 5.54 Å². The molecule has 2 N–H and O–H groups in total. The Bertz CT molecular complexity index is 656. The molecule has 0 aliphatic heterocycles. The van der Waals surface area contributed by atoms with Crippen LogP contribution in [0.4, 0.5) is 5.00 Å². The van der Waals surface area contributed by atoms with E-state index >= 15 is 0 Å². The van der Waals surface area contributed by atoms with E-state index in [9.17, 15) is 20.0 Å². The number of hydrogen-bond acceptors (Lipinski definition) is 5. The lowest BCUT2D eigenvalue weighted by Gasteiger charge is -2.29. The van der Waals surface area contributed by atoms with Crippen LogP contribution in [0.1, 0.15) is 22.2 Å². The molecule has 1 aromatic heterocycles. The molecular weight excluding hydrogens is 292 g/mol. The molecule has 110 valence electrons. The van der Waals surface area contributed by atoms with E-state index in [1.54, 1.807) is 19.1 Å². The normalized spacial score (nSPS) is 13.4. The number of nitro groups is 1. The van der Waals surface area contributed by atoms with E-state index in [1.807, 2.05) is 18.2 Å². The highest BCUT2D eigenvalue weighted by atomic mass is 32.1. The fourth-order valence-electron chi connectivity index (χ4n) is 1.87. The Kier molecular flexibility index (Phi) is 4.35. The fourth-order valence-corrected chi connectivity index (χ4v) is 2.58. The molecule has 0 radical (unpaired) electrons. The molecule has 1 atom stereocenters. The van der Waals surface area contributed by atoms with Gasteiger partial charge in [-0.1, -0.05) is 41.7 Å². The van der Waals surface area contributed by atoms with Gasteiger partial charge in [0, 0.05) is 6.07 Å². The third-order valence-electron chi connectivity index (χ3n) is 3.11. The zero-order valence-corrected chi connectivity index (χ0v) is 12.1. The Morgan fingerprint density at radius 3 is 2.52 bits per heavy atom. The summed E-state index contributed by atoms with van der Waals surface area (Å²) >= 11 is 0.803. The van der Waals surface area contributed by atoms with E-state index in [2.05, 4.69) is 5.32 Å². The number of nitrogens with zero attached hydrogens (tertiary/aromatic N) is 1. The number of rotatable bonds is 5. The number of aliphatic hydroxyl groups is 1. The molecule has 1 amide bonds. The molecular formula is C14H14N2O4S. The maximum absolute atomic E-state index is 12.2. The minimum absolute atomic E-state index is 0.0921. The van der Waals surface area contributed by atoms with Crippen molar-refractivity contribution in [3.63, 3.8) is 0 Å². The van der Waals surface area contributed by atoms with Crippen LogP contribution in [-0.4, -0.2) is 22.5 Å². The van der Waals surface area contributed by atoms with Crippen molar-refractivity contribution < 1.29 is 14.8 Å². The van der Waals surface area contributed by atoms with Crippen LogP contribution >= 0.6 is 11.3 Å². The molecule has 0 aliphatic carbocycles. The van der Waals surface area contributed by atoms with Gasteiger partial charge < -0.3 is 10.4 Å². The topological polar surface area (TPSA) is 92.5 Å². The van der Waals surface area contributed by atoms with Crippen molar-refractivity contribution in [2.24, 2.45) is 0 Å². The molecule has 1 aromatic carbocycles. The van der Waals surface area contributed by atoms with Crippen LogP contribution in [0.3, 0.4) is 0 Å². The van der Waals surface area contributed by atoms with Gasteiger partial charge in [0.2, 0.25) is 0 Å². The first-order chi connectivity index (χ1) is 9.96. The second-order valence-electron chi connectivity index (χ2n) is 4.71. The van der Waals surface area contributed by atoms with Crippen molar-refractivity contribution >= 4 is 22.2 Å². The highest BCUT2D eigenvalue weighted by Gasteiger charge is 2.29. The summed E-state index contributed by atoms with van der Waals surface area (Å²) in [6.07, 6.45) is 0. The Morgan fingerprint density at radius 2 is 2.00 bits per heavy atom. The van der Waals surface area contributed by atoms with Crippen LogP contribution in [0.15, 0.2) is 42.5 Å². The van der Waals surface area contributed by atoms with Gasteiger partial charge in [0.25, 0.3) is 5.91 Å². The van der Waals surface area contributed by atoms with Gasteiger partial charge in [-0.05, 0) is 18.6 Å². The lowest BCUT2D eigenvalue weighted by Crippen LogP contribution is -2.46. The summed E-state index contributed by atoms with van der Waals surface area (Å²) in [5.41, 5.74) is -0.191. The zero-order chi connectivity index (χ0) is 15.5. The predicted octanol–water partition coefficient (Wildman–Crippen LogP) is 2.29. The first-order valence-corrected chi connectivity index (χ1v) is 7.01. The highest BCUT2D eigenvalue weighted by Crippen LogP contribution is 2.26. The molecule has 6 nitrogen and oxygen atoms in total. The monoisotopic (exact) mass is 306 g/mol. The summed E-state index contributed by atoms with van der Waals surface area (Å²) in [7, 11) is 0. The quantitative estimate of drug-likeness (QED) is 0.655. The van der Waals surface area contributed by atoms with Crippen molar-refractivity contribution in [1.29, 1.82) is 0 Å². The van der Waals surface area contributed by atoms with E-state index in [0.717, 1.165) is 16.9 Å². The predicted molar refractivity (Wildman–Crippen MR) is 79.3 cm³/mol. The van der Waals surface area contributed by atoms with E-state index < -0.39 is 16.4 Å². The first kappa shape index (κ1) is 15.1. The molecule has 0 spiro atoms. The highest BCUT2D eigenvalue weighted by molar-refractivity contribution is 7.17. The standard InChI is InChI=1S/C14H14N2O4S/c1-14(9-17,10-5-3-2-4-6-10)15-13(18)11-7-8-12(21-11)16(19)20/h2-8,17H,9H2,1H3,(H,15,18). The Hall–Kier alpha value is -2.25. The molecule has 0 saturated heterocycles. The molecule has 2 rings (SSSR count). The number of hydrogen-bond donors (Lipinski definition) is 2. The molecule has 0 bridgehead atoms. The maximum Gasteiger partial charge on any atom is 0.324 e. The van der Waals surface area contributed by atoms with Crippen LogP contribution in [0, 0.1) is 10.1 Å². The number of nitrogens with one attached hydrogen (secondary N) is 1. The average Bonchev–Trinajstić information content (AvgIpc) is 2.98. The van der Waals surface area contributed by atoms with E-state index in [4.69, 9.17) is 0 Å². The number of aliphatic hydroxyl groups excluding tert-OH is 1. The second kappa shape index (κ2) is 6.02. The van der Waals surface area contributed by atoms with Crippen molar-refractivity contribution in [2.45, 2.75) is 12.5 Å². The van der Waals surface area contributed by atoms with Gasteiger partial charge in [-0.15, -0.1) is 0 Å². The van der Waals surface area contributed by atoms with E-state index in [-0.39, 0.29) is 16.5 Å². The van der Waals surface area contributed by atoms with Crippen molar-refractivity contribution in [1.82, 2.24) is 5.32 Å². The molecule has 1 unspecified atom stereocenters. The molecule has 21 heavy (non-hydrogen) atoms. The van der Waals surface area contributed by atoms with Crippen LogP contribution < -0.4 is 5.32 Å². The molecule has 0 saturated carbocycles. The number of amides is 1. The summed E-state index contributed by atoms with van der Waals surface area (Å²) < 4.78 is 0. The minimum Gasteiger partial charge on any atom is -0.394 e. The van der Waals surface area contributed by atoms with Gasteiger partial charge in [0.05, 0.1) is 21.9 Å². The smallest absolute Gasteiger partial charge is 0.324 e. The molecule has 2 aromatic rings. The van der Waals surface area contributed by atoms with E-state index in [1.165, 1.54) is 12.1 Å². The van der Waals surface area contributed by atoms with Gasteiger partial charge in [0.15, 0.2) is 0 Å². The number of benzene rings is 1. The summed E-state index contributed by atoms with van der Waals surface area (Å²) in [4.78, 5) is 22.5. The summed E-state index contributed by atoms with van der Waals surface area (Å²) in [6.45, 7) is 1.42. The van der Waals surface area contributed by atoms with Gasteiger partial charge in [-0.25, -0.2) is 0 Å². The summed E-state index contributed by atoms with van der Waals surface area (Å²) in [6, 6.07) is 11.8. The molecule has 0 fully saturated rings. The SMILES string of the molecule is CC(CO)(NC(=O)c1ccc([N+](=O)[O-])s1)c1ccccc1. The number of thiophene rings is 1. The third-order valence-corrected chi connectivity index (χ3v) is 4.15. The van der Waals surface area contributed by atoms with Crippen molar-refractivity contribution in [2.75, 3.05) is 6.61 Å². The molecule has 1 heterocycles. The zero-order valence-electron chi connectivity index (χ0n) is 11.3. The largest absolute Gasteiger partial charge is 0.394 e. The van der Waals surface area contributed by atoms with Gasteiger partial charge >= 0.3 is 5.00 Å². The maximum atomic E-state index is 12.2. The lowest BCUT2D eigenvalue weighted by molar-refractivity contribution is -0.380. The van der Waals surface area contributed by atoms with Crippen LogP contribution in [0.2, 0.25) is 0 Å². The lowest BCUT2D eigenvalue weighted by atomic mass is 9.93. The Balaban J connectivity index is 2.21. The van der Waals surface area contributed by atoms with Crippen molar-refractivity contribution in [3.05, 3.63) is 63.0 Å². The summed E-state index contributed by atoms with van der Waals surface area (Å²) in [5, 5.41) is 22.9. The number of carbonyl (C=O) groups is 1.